The van der Waals surface area contributed by atoms with Gasteiger partial charge in [-0.2, -0.15) is 0 Å². The van der Waals surface area contributed by atoms with Crippen LogP contribution in [-0.4, -0.2) is 29.2 Å². The van der Waals surface area contributed by atoms with E-state index >= 15 is 0 Å². The third-order valence-corrected chi connectivity index (χ3v) is 5.44. The van der Waals surface area contributed by atoms with Gasteiger partial charge in [-0.25, -0.2) is 0 Å². The standard InChI is InChI=1S/C21H26N2O3/c1-13-8-9-14(2)18(12-13)15(3)22-19(24)10-11-23-20(25)16-6-4-5-7-17(16)21(23)26/h4-5,8-9,12,15-17H,6-7,10-11H2,1-3H3,(H,22,24)/t15-,16-,17+/m1/s1. The molecular weight excluding hydrogens is 328 g/mol. The molecule has 1 aromatic carbocycles. The smallest absolute Gasteiger partial charge is 0.233 e. The van der Waals surface area contributed by atoms with Gasteiger partial charge in [0.15, 0.2) is 0 Å². The minimum absolute atomic E-state index is 0.112. The number of carbonyl (C=O) groups excluding carboxylic acids is 3. The van der Waals surface area contributed by atoms with Crippen molar-refractivity contribution < 1.29 is 14.4 Å². The Labute approximate surface area is 154 Å². The van der Waals surface area contributed by atoms with Crippen molar-refractivity contribution in [1.29, 1.82) is 0 Å². The molecule has 1 fully saturated rings. The lowest BCUT2D eigenvalue weighted by Crippen LogP contribution is -2.36. The monoisotopic (exact) mass is 354 g/mol. The molecule has 5 nitrogen and oxygen atoms in total. The largest absolute Gasteiger partial charge is 0.350 e. The van der Waals surface area contributed by atoms with Gasteiger partial charge in [0.1, 0.15) is 0 Å². The van der Waals surface area contributed by atoms with Crippen LogP contribution in [0.15, 0.2) is 30.4 Å². The zero-order valence-electron chi connectivity index (χ0n) is 15.6. The van der Waals surface area contributed by atoms with E-state index < -0.39 is 0 Å². The van der Waals surface area contributed by atoms with Crippen LogP contribution < -0.4 is 5.32 Å². The number of amides is 3. The molecule has 1 N–H and O–H groups in total. The van der Waals surface area contributed by atoms with Crippen LogP contribution in [-0.2, 0) is 14.4 Å². The van der Waals surface area contributed by atoms with Gasteiger partial charge in [-0.1, -0.05) is 35.9 Å². The topological polar surface area (TPSA) is 66.5 Å². The summed E-state index contributed by atoms with van der Waals surface area (Å²) in [6.45, 7) is 6.16. The maximum Gasteiger partial charge on any atom is 0.233 e. The fourth-order valence-corrected chi connectivity index (χ4v) is 3.92. The van der Waals surface area contributed by atoms with Gasteiger partial charge in [-0.15, -0.1) is 0 Å². The molecular formula is C21H26N2O3. The van der Waals surface area contributed by atoms with Crippen molar-refractivity contribution in [3.05, 3.63) is 47.0 Å². The highest BCUT2D eigenvalue weighted by atomic mass is 16.2. The van der Waals surface area contributed by atoms with Crippen LogP contribution in [0.25, 0.3) is 0 Å². The van der Waals surface area contributed by atoms with Crippen molar-refractivity contribution in [2.45, 2.75) is 46.1 Å². The zero-order valence-corrected chi connectivity index (χ0v) is 15.6. The number of nitrogens with one attached hydrogen (secondary N) is 1. The number of aryl methyl sites for hydroxylation is 2. The first-order valence-electron chi connectivity index (χ1n) is 9.25. The maximum absolute atomic E-state index is 12.4. The molecule has 1 aliphatic carbocycles. The van der Waals surface area contributed by atoms with Gasteiger partial charge in [0.25, 0.3) is 0 Å². The average molecular weight is 354 g/mol. The Bertz CT molecular complexity index is 743. The van der Waals surface area contributed by atoms with Crippen LogP contribution in [0.2, 0.25) is 0 Å². The van der Waals surface area contributed by atoms with Crippen molar-refractivity contribution >= 4 is 17.7 Å². The van der Waals surface area contributed by atoms with Crippen LogP contribution in [0.1, 0.15) is 48.9 Å². The molecule has 26 heavy (non-hydrogen) atoms. The molecule has 138 valence electrons. The number of hydrogen-bond acceptors (Lipinski definition) is 3. The van der Waals surface area contributed by atoms with E-state index in [1.54, 1.807) is 0 Å². The Hall–Kier alpha value is -2.43. The molecule has 3 rings (SSSR count). The van der Waals surface area contributed by atoms with Crippen LogP contribution in [0, 0.1) is 25.7 Å². The predicted octanol–water partition coefficient (Wildman–Crippen LogP) is 2.82. The third kappa shape index (κ3) is 3.57. The van der Waals surface area contributed by atoms with Crippen molar-refractivity contribution in [3.8, 4) is 0 Å². The molecule has 5 heteroatoms. The molecule has 0 aromatic heterocycles. The fourth-order valence-electron chi connectivity index (χ4n) is 3.92. The minimum atomic E-state index is -0.232. The number of allylic oxidation sites excluding steroid dienone is 2. The van der Waals surface area contributed by atoms with Crippen LogP contribution >= 0.6 is 0 Å². The molecule has 0 spiro atoms. The second kappa shape index (κ2) is 7.44. The Balaban J connectivity index is 1.57. The molecule has 0 unspecified atom stereocenters. The Kier molecular flexibility index (Phi) is 5.25. The summed E-state index contributed by atoms with van der Waals surface area (Å²) in [5, 5.41) is 2.98. The van der Waals surface area contributed by atoms with Gasteiger partial charge in [-0.3, -0.25) is 19.3 Å². The summed E-state index contributed by atoms with van der Waals surface area (Å²) in [6, 6.07) is 6.06. The van der Waals surface area contributed by atoms with Gasteiger partial charge in [0, 0.05) is 13.0 Å². The lowest BCUT2D eigenvalue weighted by molar-refractivity contribution is -0.140. The molecule has 1 aliphatic heterocycles. The molecule has 1 heterocycles. The van der Waals surface area contributed by atoms with E-state index in [1.807, 2.05) is 45.1 Å². The molecule has 2 aliphatic rings. The van der Waals surface area contributed by atoms with E-state index in [0.717, 1.165) is 16.7 Å². The van der Waals surface area contributed by atoms with E-state index in [2.05, 4.69) is 11.4 Å². The summed E-state index contributed by atoms with van der Waals surface area (Å²) in [5.41, 5.74) is 3.37. The maximum atomic E-state index is 12.4. The van der Waals surface area contributed by atoms with E-state index in [0.29, 0.717) is 12.8 Å². The van der Waals surface area contributed by atoms with Crippen LogP contribution in [0.3, 0.4) is 0 Å². The second-order valence-corrected chi connectivity index (χ2v) is 7.38. The van der Waals surface area contributed by atoms with Crippen molar-refractivity contribution in [2.75, 3.05) is 6.54 Å². The molecule has 1 aromatic rings. The van der Waals surface area contributed by atoms with E-state index in [1.165, 1.54) is 4.90 Å². The first-order valence-corrected chi connectivity index (χ1v) is 9.25. The highest BCUT2D eigenvalue weighted by molar-refractivity contribution is 6.05. The first kappa shape index (κ1) is 18.4. The molecule has 3 amide bonds. The number of nitrogens with zero attached hydrogens (tertiary/aromatic N) is 1. The number of imide groups is 1. The third-order valence-electron chi connectivity index (χ3n) is 5.44. The van der Waals surface area contributed by atoms with E-state index in [9.17, 15) is 14.4 Å². The molecule has 3 atom stereocenters. The van der Waals surface area contributed by atoms with Crippen molar-refractivity contribution in [2.24, 2.45) is 11.8 Å². The summed E-state index contributed by atoms with van der Waals surface area (Å²) >= 11 is 0. The molecule has 0 bridgehead atoms. The lowest BCUT2D eigenvalue weighted by Gasteiger charge is -2.19. The minimum Gasteiger partial charge on any atom is -0.350 e. The van der Waals surface area contributed by atoms with E-state index in [4.69, 9.17) is 0 Å². The van der Waals surface area contributed by atoms with Gasteiger partial charge in [-0.05, 0) is 44.7 Å². The summed E-state index contributed by atoms with van der Waals surface area (Å²) < 4.78 is 0. The number of rotatable bonds is 5. The zero-order chi connectivity index (χ0) is 18.8. The number of likely N-dealkylation sites (tertiary alicyclic amines) is 1. The average Bonchev–Trinajstić information content (AvgIpc) is 2.86. The fraction of sp³-hybridized carbons (Fsp3) is 0.476. The Morgan fingerprint density at radius 1 is 1.15 bits per heavy atom. The number of hydrogen-bond donors (Lipinski definition) is 1. The number of benzene rings is 1. The summed E-state index contributed by atoms with van der Waals surface area (Å²) in [6.07, 6.45) is 5.32. The Morgan fingerprint density at radius 3 is 2.38 bits per heavy atom. The normalized spacial score (nSPS) is 23.1. The van der Waals surface area contributed by atoms with Gasteiger partial charge >= 0.3 is 0 Å². The van der Waals surface area contributed by atoms with Crippen LogP contribution in [0.5, 0.6) is 0 Å². The number of carbonyl (C=O) groups is 3. The van der Waals surface area contributed by atoms with Crippen molar-refractivity contribution in [3.63, 3.8) is 0 Å². The van der Waals surface area contributed by atoms with Crippen LogP contribution in [0.4, 0.5) is 0 Å². The molecule has 1 saturated heterocycles. The van der Waals surface area contributed by atoms with Crippen molar-refractivity contribution in [1.82, 2.24) is 10.2 Å². The van der Waals surface area contributed by atoms with Gasteiger partial charge in [0.05, 0.1) is 17.9 Å². The van der Waals surface area contributed by atoms with Gasteiger partial charge in [0.2, 0.25) is 17.7 Å². The highest BCUT2D eigenvalue weighted by Crippen LogP contribution is 2.35. The predicted molar refractivity (Wildman–Crippen MR) is 99.2 cm³/mol. The number of fused-ring (bicyclic) bond motifs is 1. The second-order valence-electron chi connectivity index (χ2n) is 7.38. The highest BCUT2D eigenvalue weighted by Gasteiger charge is 2.46. The van der Waals surface area contributed by atoms with E-state index in [-0.39, 0.29) is 48.6 Å². The lowest BCUT2D eigenvalue weighted by atomic mass is 9.85. The SMILES string of the molecule is Cc1ccc(C)c([C@@H](C)NC(=O)CCN2C(=O)[C@H]3CC=CC[C@H]3C2=O)c1. The summed E-state index contributed by atoms with van der Waals surface area (Å²) in [7, 11) is 0. The quantitative estimate of drug-likeness (QED) is 0.653. The first-order chi connectivity index (χ1) is 12.4. The molecule has 0 saturated carbocycles. The van der Waals surface area contributed by atoms with Gasteiger partial charge < -0.3 is 5.32 Å². The summed E-state index contributed by atoms with van der Waals surface area (Å²) in [4.78, 5) is 38.5. The summed E-state index contributed by atoms with van der Waals surface area (Å²) in [5.74, 6) is -0.861. The molecule has 0 radical (unpaired) electrons. The Morgan fingerprint density at radius 2 is 1.77 bits per heavy atom.